The Labute approximate surface area is 208 Å². The van der Waals surface area contributed by atoms with Crippen molar-refractivity contribution in [3.63, 3.8) is 0 Å². The average Bonchev–Trinajstić information content (AvgIpc) is 3.15. The van der Waals surface area contributed by atoms with E-state index in [2.05, 4.69) is 70.5 Å². The molecular formula is C30H33N3O2. The third-order valence-corrected chi connectivity index (χ3v) is 6.76. The number of hydrogen-bond acceptors (Lipinski definition) is 4. The van der Waals surface area contributed by atoms with E-state index in [1.807, 2.05) is 36.1 Å². The molecule has 2 aliphatic heterocycles. The number of carbonyl (C=O) groups is 1. The van der Waals surface area contributed by atoms with Crippen LogP contribution in [0.25, 0.3) is 6.08 Å². The van der Waals surface area contributed by atoms with Crippen LogP contribution >= 0.6 is 0 Å². The Kier molecular flexibility index (Phi) is 7.15. The minimum Gasteiger partial charge on any atom is -0.494 e. The van der Waals surface area contributed by atoms with Crippen molar-refractivity contribution in [2.24, 2.45) is 0 Å². The van der Waals surface area contributed by atoms with Gasteiger partial charge in [0.2, 0.25) is 0 Å². The maximum absolute atomic E-state index is 13.3. The number of nitrogens with zero attached hydrogens (tertiary/aromatic N) is 3. The second-order valence-corrected chi connectivity index (χ2v) is 9.12. The number of carbonyl (C=O) groups excluding carboxylic acids is 1. The summed E-state index contributed by atoms with van der Waals surface area (Å²) in [6.45, 7) is 7.84. The number of amides is 1. The highest BCUT2D eigenvalue weighted by Gasteiger charge is 2.21. The monoisotopic (exact) mass is 467 g/mol. The quantitative estimate of drug-likeness (QED) is 0.473. The van der Waals surface area contributed by atoms with Crippen molar-refractivity contribution in [2.75, 3.05) is 44.2 Å². The lowest BCUT2D eigenvalue weighted by atomic mass is 10.1. The van der Waals surface area contributed by atoms with Crippen LogP contribution in [0.15, 0.2) is 78.9 Å². The van der Waals surface area contributed by atoms with Gasteiger partial charge < -0.3 is 14.5 Å². The maximum Gasteiger partial charge on any atom is 0.253 e. The highest BCUT2D eigenvalue weighted by Crippen LogP contribution is 2.32. The summed E-state index contributed by atoms with van der Waals surface area (Å²) in [4.78, 5) is 20.0. The fraction of sp³-hybridized carbons (Fsp3) is 0.300. The Morgan fingerprint density at radius 1 is 0.886 bits per heavy atom. The number of para-hydroxylation sites is 1. The van der Waals surface area contributed by atoms with Crippen molar-refractivity contribution in [1.82, 2.24) is 9.80 Å². The first-order valence-electron chi connectivity index (χ1n) is 12.6. The normalized spacial score (nSPS) is 16.0. The smallest absolute Gasteiger partial charge is 0.253 e. The van der Waals surface area contributed by atoms with Gasteiger partial charge in [0, 0.05) is 56.2 Å². The van der Waals surface area contributed by atoms with E-state index >= 15 is 0 Å². The van der Waals surface area contributed by atoms with Gasteiger partial charge in [0.05, 0.1) is 6.61 Å². The van der Waals surface area contributed by atoms with Crippen LogP contribution in [0.5, 0.6) is 5.75 Å². The fourth-order valence-corrected chi connectivity index (χ4v) is 4.92. The van der Waals surface area contributed by atoms with Crippen molar-refractivity contribution in [1.29, 1.82) is 0 Å². The van der Waals surface area contributed by atoms with Gasteiger partial charge in [-0.1, -0.05) is 42.5 Å². The molecule has 0 unspecified atom stereocenters. The van der Waals surface area contributed by atoms with Gasteiger partial charge in [-0.15, -0.1) is 0 Å². The predicted molar refractivity (Wildman–Crippen MR) is 142 cm³/mol. The summed E-state index contributed by atoms with van der Waals surface area (Å²) >= 11 is 0. The molecule has 180 valence electrons. The van der Waals surface area contributed by atoms with Gasteiger partial charge in [0.25, 0.3) is 5.91 Å². The van der Waals surface area contributed by atoms with E-state index in [1.54, 1.807) is 0 Å². The van der Waals surface area contributed by atoms with Gasteiger partial charge in [0.1, 0.15) is 5.75 Å². The summed E-state index contributed by atoms with van der Waals surface area (Å²) in [7, 11) is 0. The Hall–Kier alpha value is -3.57. The molecule has 0 radical (unpaired) electrons. The Morgan fingerprint density at radius 2 is 1.69 bits per heavy atom. The summed E-state index contributed by atoms with van der Waals surface area (Å²) in [6.07, 6.45) is 5.33. The van der Waals surface area contributed by atoms with Crippen LogP contribution in [0, 0.1) is 0 Å². The van der Waals surface area contributed by atoms with Crippen molar-refractivity contribution >= 4 is 23.4 Å². The second-order valence-electron chi connectivity index (χ2n) is 9.12. The molecule has 0 atom stereocenters. The first kappa shape index (κ1) is 23.2. The van der Waals surface area contributed by atoms with E-state index in [0.29, 0.717) is 6.61 Å². The third kappa shape index (κ3) is 5.41. The molecule has 0 aliphatic carbocycles. The molecule has 0 saturated carbocycles. The zero-order valence-electron chi connectivity index (χ0n) is 20.4. The Morgan fingerprint density at radius 3 is 2.49 bits per heavy atom. The van der Waals surface area contributed by atoms with Crippen LogP contribution in [0.4, 0.5) is 11.4 Å². The van der Waals surface area contributed by atoms with E-state index in [0.717, 1.165) is 62.7 Å². The lowest BCUT2D eigenvalue weighted by molar-refractivity contribution is 0.0761. The minimum atomic E-state index is 0.124. The molecule has 0 bridgehead atoms. The van der Waals surface area contributed by atoms with Crippen LogP contribution in [0.3, 0.4) is 0 Å². The van der Waals surface area contributed by atoms with Gasteiger partial charge >= 0.3 is 0 Å². The predicted octanol–water partition coefficient (Wildman–Crippen LogP) is 5.60. The molecule has 2 aliphatic rings. The largest absolute Gasteiger partial charge is 0.494 e. The second kappa shape index (κ2) is 10.8. The van der Waals surface area contributed by atoms with Crippen LogP contribution in [-0.4, -0.2) is 55.0 Å². The van der Waals surface area contributed by atoms with E-state index in [1.165, 1.54) is 16.8 Å². The molecule has 35 heavy (non-hydrogen) atoms. The summed E-state index contributed by atoms with van der Waals surface area (Å²) in [6, 6.07) is 24.8. The lowest BCUT2D eigenvalue weighted by Crippen LogP contribution is -2.35. The zero-order valence-corrected chi connectivity index (χ0v) is 20.4. The van der Waals surface area contributed by atoms with E-state index in [9.17, 15) is 4.79 Å². The van der Waals surface area contributed by atoms with Crippen molar-refractivity contribution in [3.8, 4) is 5.75 Å². The molecule has 1 saturated heterocycles. The number of benzene rings is 3. The highest BCUT2D eigenvalue weighted by molar-refractivity contribution is 5.94. The van der Waals surface area contributed by atoms with Gasteiger partial charge in [-0.3, -0.25) is 9.69 Å². The summed E-state index contributed by atoms with van der Waals surface area (Å²) in [5.41, 5.74) is 5.57. The number of hydrogen-bond donors (Lipinski definition) is 0. The minimum absolute atomic E-state index is 0.124. The molecule has 5 heteroatoms. The average molecular weight is 468 g/mol. The molecular weight excluding hydrogens is 434 g/mol. The highest BCUT2D eigenvalue weighted by atomic mass is 16.5. The van der Waals surface area contributed by atoms with Gasteiger partial charge in [-0.2, -0.15) is 0 Å². The summed E-state index contributed by atoms with van der Waals surface area (Å²) < 4.78 is 5.55. The molecule has 1 amide bonds. The molecule has 3 aromatic rings. The molecule has 0 spiro atoms. The summed E-state index contributed by atoms with van der Waals surface area (Å²) in [5, 5.41) is 0. The number of rotatable bonds is 6. The Bertz CT molecular complexity index is 1170. The molecule has 0 aromatic heterocycles. The van der Waals surface area contributed by atoms with Crippen molar-refractivity contribution in [3.05, 3.63) is 95.6 Å². The third-order valence-electron chi connectivity index (χ3n) is 6.76. The lowest BCUT2D eigenvalue weighted by Gasteiger charge is -2.28. The molecule has 3 aromatic carbocycles. The van der Waals surface area contributed by atoms with E-state index in [-0.39, 0.29) is 5.91 Å². The number of ether oxygens (including phenoxy) is 1. The first-order valence-corrected chi connectivity index (χ1v) is 12.6. The van der Waals surface area contributed by atoms with Crippen LogP contribution in [0.2, 0.25) is 0 Å². The van der Waals surface area contributed by atoms with Crippen molar-refractivity contribution in [2.45, 2.75) is 19.9 Å². The van der Waals surface area contributed by atoms with Crippen LogP contribution < -0.4 is 9.64 Å². The number of anilines is 2. The summed E-state index contributed by atoms with van der Waals surface area (Å²) in [5.74, 6) is 1.04. The van der Waals surface area contributed by atoms with E-state index < -0.39 is 0 Å². The van der Waals surface area contributed by atoms with Crippen LogP contribution in [-0.2, 0) is 6.54 Å². The van der Waals surface area contributed by atoms with Crippen LogP contribution in [0.1, 0.15) is 34.8 Å². The maximum atomic E-state index is 13.3. The standard InChI is InChI=1S/C30H33N3O2/c1-2-35-28-16-10-24(11-17-28)23-31-18-6-19-32(22-21-31)30(34)26-12-14-27(15-13-26)33-20-5-8-25-7-3-4-9-29(25)33/h3-5,7-17H,2,6,18-23H2,1H3. The first-order chi connectivity index (χ1) is 17.2. The molecule has 0 N–H and O–H groups in total. The Balaban J connectivity index is 1.19. The molecule has 5 rings (SSSR count). The SMILES string of the molecule is CCOc1ccc(CN2CCCN(C(=O)c3ccc(N4CC=Cc5ccccc54)cc3)CC2)cc1. The van der Waals surface area contributed by atoms with Gasteiger partial charge in [0.15, 0.2) is 0 Å². The molecule has 2 heterocycles. The van der Waals surface area contributed by atoms with Gasteiger partial charge in [-0.25, -0.2) is 0 Å². The zero-order chi connectivity index (χ0) is 24.0. The molecule has 5 nitrogen and oxygen atoms in total. The van der Waals surface area contributed by atoms with Gasteiger partial charge in [-0.05, 0) is 66.9 Å². The topological polar surface area (TPSA) is 36.0 Å². The van der Waals surface area contributed by atoms with E-state index in [4.69, 9.17) is 4.74 Å². The van der Waals surface area contributed by atoms with Crippen molar-refractivity contribution < 1.29 is 9.53 Å². The molecule has 1 fully saturated rings. The number of fused-ring (bicyclic) bond motifs is 1. The fourth-order valence-electron chi connectivity index (χ4n) is 4.92.